The van der Waals surface area contributed by atoms with Crippen molar-refractivity contribution in [2.24, 2.45) is 0 Å². The molecular formula is C23H16ClN7O3. The van der Waals surface area contributed by atoms with Crippen molar-refractivity contribution in [2.75, 3.05) is 5.32 Å². The second-order valence-electron chi connectivity index (χ2n) is 7.20. The first kappa shape index (κ1) is 21.3. The summed E-state index contributed by atoms with van der Waals surface area (Å²) in [5, 5.41) is 21.1. The van der Waals surface area contributed by atoms with Crippen molar-refractivity contribution in [1.29, 1.82) is 0 Å². The van der Waals surface area contributed by atoms with Crippen molar-refractivity contribution in [3.05, 3.63) is 78.0 Å². The number of halogens is 1. The van der Waals surface area contributed by atoms with Crippen LogP contribution in [0.3, 0.4) is 0 Å². The fourth-order valence-corrected chi connectivity index (χ4v) is 3.61. The Bertz CT molecular complexity index is 1480. The summed E-state index contributed by atoms with van der Waals surface area (Å²) in [7, 11) is 0. The predicted octanol–water partition coefficient (Wildman–Crippen LogP) is 4.58. The standard InChI is InChI=1S/C23H16ClN7O3/c24-17-7-15(6-16-10-27-31-18(16)17)20-19(14-4-2-1-3-5-14)28-21(22(32)29-20)30-23(33)34-11-13-8-25-12-26-9-13/h1-10,12H,11H2,(H,27,31)(H,29,32)(H,28,30,33). The Labute approximate surface area is 197 Å². The molecule has 3 aromatic heterocycles. The molecule has 5 rings (SSSR count). The number of aromatic nitrogens is 6. The van der Waals surface area contributed by atoms with Crippen LogP contribution >= 0.6 is 11.6 Å². The number of hydrogen-bond acceptors (Lipinski definition) is 8. The van der Waals surface area contributed by atoms with Gasteiger partial charge in [0.25, 0.3) is 5.88 Å². The third kappa shape index (κ3) is 4.34. The molecule has 1 amide bonds. The molecule has 0 radical (unpaired) electrons. The Morgan fingerprint density at radius 3 is 2.59 bits per heavy atom. The SMILES string of the molecule is O=C(Nc1nc(-c2ccccc2)c(-c2cc(Cl)c3[nH]ncc3c2)nc1O)OCc1cncnc1. The Morgan fingerprint density at radius 1 is 1.03 bits per heavy atom. The number of nitrogens with one attached hydrogen (secondary N) is 2. The lowest BCUT2D eigenvalue weighted by molar-refractivity contribution is 0.154. The molecule has 3 N–H and O–H groups in total. The number of carbonyl (C=O) groups is 1. The molecule has 0 atom stereocenters. The summed E-state index contributed by atoms with van der Waals surface area (Å²) < 4.78 is 5.17. The summed E-state index contributed by atoms with van der Waals surface area (Å²) in [5.74, 6) is -0.620. The molecule has 3 heterocycles. The number of fused-ring (bicyclic) bond motifs is 1. The van der Waals surface area contributed by atoms with Crippen molar-refractivity contribution in [3.63, 3.8) is 0 Å². The van der Waals surface area contributed by atoms with E-state index >= 15 is 0 Å². The number of amides is 1. The van der Waals surface area contributed by atoms with E-state index in [4.69, 9.17) is 16.3 Å². The summed E-state index contributed by atoms with van der Waals surface area (Å²) in [6.07, 6.45) is 5.26. The lowest BCUT2D eigenvalue weighted by Gasteiger charge is -2.13. The molecule has 0 unspecified atom stereocenters. The Kier molecular flexibility index (Phi) is 5.71. The molecule has 5 aromatic rings. The van der Waals surface area contributed by atoms with Crippen LogP contribution in [0.15, 0.2) is 67.4 Å². The maximum Gasteiger partial charge on any atom is 0.413 e. The summed E-state index contributed by atoms with van der Waals surface area (Å²) in [6.45, 7) is -0.0479. The molecule has 0 fully saturated rings. The molecule has 0 saturated carbocycles. The van der Waals surface area contributed by atoms with Gasteiger partial charge < -0.3 is 9.84 Å². The number of ether oxygens (including phenoxy) is 1. The molecule has 0 aliphatic carbocycles. The number of aromatic amines is 1. The molecular weight excluding hydrogens is 458 g/mol. The third-order valence-electron chi connectivity index (χ3n) is 4.90. The van der Waals surface area contributed by atoms with Crippen molar-refractivity contribution < 1.29 is 14.6 Å². The van der Waals surface area contributed by atoms with Gasteiger partial charge in [-0.05, 0) is 12.1 Å². The summed E-state index contributed by atoms with van der Waals surface area (Å²) in [4.78, 5) is 28.9. The van der Waals surface area contributed by atoms with Crippen LogP contribution in [0, 0.1) is 0 Å². The maximum absolute atomic E-state index is 12.3. The molecule has 10 nitrogen and oxygen atoms in total. The van der Waals surface area contributed by atoms with Gasteiger partial charge in [0.2, 0.25) is 0 Å². The lowest BCUT2D eigenvalue weighted by atomic mass is 10.0. The van der Waals surface area contributed by atoms with Gasteiger partial charge in [-0.15, -0.1) is 0 Å². The van der Waals surface area contributed by atoms with Gasteiger partial charge in [-0.3, -0.25) is 10.4 Å². The molecule has 0 aliphatic rings. The van der Waals surface area contributed by atoms with Crippen LogP contribution in [-0.4, -0.2) is 41.3 Å². The van der Waals surface area contributed by atoms with Gasteiger partial charge >= 0.3 is 6.09 Å². The molecule has 34 heavy (non-hydrogen) atoms. The Balaban J connectivity index is 1.51. The summed E-state index contributed by atoms with van der Waals surface area (Å²) in [5.41, 5.74) is 3.47. The van der Waals surface area contributed by atoms with Crippen LogP contribution in [0.25, 0.3) is 33.4 Å². The first-order chi connectivity index (χ1) is 16.6. The van der Waals surface area contributed by atoms with E-state index in [-0.39, 0.29) is 12.4 Å². The van der Waals surface area contributed by atoms with E-state index in [9.17, 15) is 9.90 Å². The van der Waals surface area contributed by atoms with Crippen LogP contribution in [0.5, 0.6) is 5.88 Å². The van der Waals surface area contributed by atoms with E-state index in [0.29, 0.717) is 33.1 Å². The highest BCUT2D eigenvalue weighted by Crippen LogP contribution is 2.36. The Morgan fingerprint density at radius 2 is 1.79 bits per heavy atom. The average molecular weight is 474 g/mol. The van der Waals surface area contributed by atoms with Gasteiger partial charge in [0.05, 0.1) is 22.4 Å². The second-order valence-corrected chi connectivity index (χ2v) is 7.61. The predicted molar refractivity (Wildman–Crippen MR) is 125 cm³/mol. The van der Waals surface area contributed by atoms with E-state index < -0.39 is 12.0 Å². The molecule has 2 aromatic carbocycles. The number of carbonyl (C=O) groups excluding carboxylic acids is 1. The van der Waals surface area contributed by atoms with Crippen molar-refractivity contribution >= 4 is 34.4 Å². The number of benzene rings is 2. The zero-order valence-electron chi connectivity index (χ0n) is 17.4. The smallest absolute Gasteiger partial charge is 0.413 e. The molecule has 0 aliphatic heterocycles. The van der Waals surface area contributed by atoms with Crippen molar-refractivity contribution in [3.8, 4) is 28.4 Å². The minimum atomic E-state index is -0.817. The van der Waals surface area contributed by atoms with Gasteiger partial charge in [-0.2, -0.15) is 5.10 Å². The largest absolute Gasteiger partial charge is 0.491 e. The highest BCUT2D eigenvalue weighted by atomic mass is 35.5. The minimum absolute atomic E-state index is 0.0479. The number of H-pyrrole nitrogens is 1. The van der Waals surface area contributed by atoms with Crippen molar-refractivity contribution in [2.45, 2.75) is 6.61 Å². The van der Waals surface area contributed by atoms with Crippen LogP contribution in [-0.2, 0) is 11.3 Å². The normalized spacial score (nSPS) is 10.9. The number of anilines is 1. The van der Waals surface area contributed by atoms with Crippen LogP contribution < -0.4 is 5.32 Å². The van der Waals surface area contributed by atoms with Crippen molar-refractivity contribution in [1.82, 2.24) is 30.1 Å². The van der Waals surface area contributed by atoms with E-state index in [2.05, 4.69) is 35.5 Å². The quantitative estimate of drug-likeness (QED) is 0.337. The van der Waals surface area contributed by atoms with E-state index in [0.717, 1.165) is 10.9 Å². The molecule has 0 saturated heterocycles. The topological polar surface area (TPSA) is 139 Å². The van der Waals surface area contributed by atoms with E-state index in [1.54, 1.807) is 12.3 Å². The zero-order valence-corrected chi connectivity index (χ0v) is 18.2. The highest BCUT2D eigenvalue weighted by Gasteiger charge is 2.20. The van der Waals surface area contributed by atoms with Gasteiger partial charge in [-0.25, -0.2) is 24.7 Å². The minimum Gasteiger partial charge on any atom is -0.491 e. The number of aromatic hydroxyl groups is 1. The fourth-order valence-electron chi connectivity index (χ4n) is 3.35. The Hall–Kier alpha value is -4.57. The highest BCUT2D eigenvalue weighted by molar-refractivity contribution is 6.35. The summed E-state index contributed by atoms with van der Waals surface area (Å²) in [6, 6.07) is 12.8. The van der Waals surface area contributed by atoms with Gasteiger partial charge in [0, 0.05) is 34.5 Å². The third-order valence-corrected chi connectivity index (χ3v) is 5.20. The average Bonchev–Trinajstić information content (AvgIpc) is 3.34. The first-order valence-corrected chi connectivity index (χ1v) is 10.4. The molecule has 0 spiro atoms. The second kappa shape index (κ2) is 9.12. The molecule has 11 heteroatoms. The van der Waals surface area contributed by atoms with Gasteiger partial charge in [0.1, 0.15) is 18.6 Å². The van der Waals surface area contributed by atoms with Gasteiger partial charge in [0.15, 0.2) is 5.82 Å². The number of rotatable bonds is 5. The van der Waals surface area contributed by atoms with Gasteiger partial charge in [-0.1, -0.05) is 41.9 Å². The van der Waals surface area contributed by atoms with Crippen LogP contribution in [0.4, 0.5) is 10.6 Å². The molecule has 168 valence electrons. The lowest BCUT2D eigenvalue weighted by Crippen LogP contribution is -2.15. The fraction of sp³-hybridized carbons (Fsp3) is 0.0435. The van der Waals surface area contributed by atoms with Crippen LogP contribution in [0.1, 0.15) is 5.56 Å². The number of nitrogens with zero attached hydrogens (tertiary/aromatic N) is 5. The maximum atomic E-state index is 12.3. The van der Waals surface area contributed by atoms with E-state index in [1.807, 2.05) is 36.4 Å². The summed E-state index contributed by atoms with van der Waals surface area (Å²) >= 11 is 6.41. The molecule has 0 bridgehead atoms. The number of hydrogen-bond donors (Lipinski definition) is 3. The monoisotopic (exact) mass is 473 g/mol. The van der Waals surface area contributed by atoms with Crippen LogP contribution in [0.2, 0.25) is 5.02 Å². The van der Waals surface area contributed by atoms with E-state index in [1.165, 1.54) is 18.7 Å². The zero-order chi connectivity index (χ0) is 23.5. The first-order valence-electron chi connectivity index (χ1n) is 10.1.